The Morgan fingerprint density at radius 1 is 1.13 bits per heavy atom. The van der Waals surface area contributed by atoms with E-state index in [-0.39, 0.29) is 6.54 Å². The van der Waals surface area contributed by atoms with E-state index in [0.717, 1.165) is 4.90 Å². The number of hydrogen-bond donors (Lipinski definition) is 0. The molecule has 0 radical (unpaired) electrons. The van der Waals surface area contributed by atoms with E-state index in [0.29, 0.717) is 11.1 Å². The van der Waals surface area contributed by atoms with Crippen molar-refractivity contribution in [2.45, 2.75) is 20.0 Å². The summed E-state index contributed by atoms with van der Waals surface area (Å²) in [6.07, 6.45) is -0.970. The lowest BCUT2D eigenvalue weighted by atomic mass is 10.0. The van der Waals surface area contributed by atoms with Gasteiger partial charge in [-0.1, -0.05) is 12.1 Å². The van der Waals surface area contributed by atoms with Gasteiger partial charge in [0.15, 0.2) is 0 Å². The van der Waals surface area contributed by atoms with Crippen molar-refractivity contribution >= 4 is 23.8 Å². The van der Waals surface area contributed by atoms with E-state index in [1.807, 2.05) is 0 Å². The minimum Gasteiger partial charge on any atom is -0.469 e. The largest absolute Gasteiger partial charge is 0.469 e. The fourth-order valence-corrected chi connectivity index (χ4v) is 2.43. The van der Waals surface area contributed by atoms with Gasteiger partial charge in [-0.25, -0.2) is 0 Å². The third-order valence-electron chi connectivity index (χ3n) is 3.69. The van der Waals surface area contributed by atoms with Gasteiger partial charge in [0, 0.05) is 6.92 Å². The first-order chi connectivity index (χ1) is 10.9. The molecule has 1 aromatic carbocycles. The van der Waals surface area contributed by atoms with Gasteiger partial charge in [-0.2, -0.15) is 0 Å². The van der Waals surface area contributed by atoms with Crippen LogP contribution in [0.25, 0.3) is 0 Å². The molecule has 23 heavy (non-hydrogen) atoms. The molecule has 0 aromatic heterocycles. The fourth-order valence-electron chi connectivity index (χ4n) is 2.43. The van der Waals surface area contributed by atoms with Crippen LogP contribution in [0, 0.1) is 5.92 Å². The summed E-state index contributed by atoms with van der Waals surface area (Å²) in [5.74, 6) is -2.96. The molecule has 0 fully saturated rings. The van der Waals surface area contributed by atoms with Crippen molar-refractivity contribution in [1.29, 1.82) is 0 Å². The molecule has 0 saturated heterocycles. The predicted octanol–water partition coefficient (Wildman–Crippen LogP) is 1.02. The highest BCUT2D eigenvalue weighted by Crippen LogP contribution is 2.24. The molecule has 1 aliphatic heterocycles. The van der Waals surface area contributed by atoms with Crippen LogP contribution in [-0.2, 0) is 19.1 Å². The molecular formula is C16H17NO6. The average Bonchev–Trinajstić information content (AvgIpc) is 2.77. The summed E-state index contributed by atoms with van der Waals surface area (Å²) in [7, 11) is 1.21. The Kier molecular flexibility index (Phi) is 4.78. The number of hydrogen-bond acceptors (Lipinski definition) is 6. The summed E-state index contributed by atoms with van der Waals surface area (Å²) in [5.41, 5.74) is 0.592. The quantitative estimate of drug-likeness (QED) is 0.594. The van der Waals surface area contributed by atoms with Crippen LogP contribution in [0.1, 0.15) is 34.6 Å². The van der Waals surface area contributed by atoms with Gasteiger partial charge in [0.1, 0.15) is 6.10 Å². The number of esters is 2. The van der Waals surface area contributed by atoms with Crippen molar-refractivity contribution in [1.82, 2.24) is 4.90 Å². The van der Waals surface area contributed by atoms with Crippen LogP contribution < -0.4 is 0 Å². The number of benzene rings is 1. The maximum Gasteiger partial charge on any atom is 0.312 e. The van der Waals surface area contributed by atoms with Crippen molar-refractivity contribution in [2.75, 3.05) is 13.7 Å². The van der Waals surface area contributed by atoms with Gasteiger partial charge in [0.25, 0.3) is 11.8 Å². The highest BCUT2D eigenvalue weighted by Gasteiger charge is 2.39. The summed E-state index contributed by atoms with van der Waals surface area (Å²) < 4.78 is 9.74. The SMILES string of the molecule is COC(=O)[C@@H](C)[C@H](CN1C(=O)c2ccccc2C1=O)OC(C)=O. The fraction of sp³-hybridized carbons (Fsp3) is 0.375. The number of methoxy groups -OCH3 is 1. The molecule has 2 atom stereocenters. The number of ether oxygens (including phenoxy) is 2. The van der Waals surface area contributed by atoms with E-state index in [9.17, 15) is 19.2 Å². The summed E-state index contributed by atoms with van der Waals surface area (Å²) in [4.78, 5) is 48.6. The number of carbonyl (C=O) groups excluding carboxylic acids is 4. The maximum atomic E-state index is 12.3. The molecule has 0 aliphatic carbocycles. The van der Waals surface area contributed by atoms with Crippen molar-refractivity contribution < 1.29 is 28.7 Å². The lowest BCUT2D eigenvalue weighted by molar-refractivity contribution is -0.158. The van der Waals surface area contributed by atoms with Gasteiger partial charge in [0.2, 0.25) is 0 Å². The second-order valence-corrected chi connectivity index (χ2v) is 5.23. The Morgan fingerprint density at radius 3 is 2.09 bits per heavy atom. The number of fused-ring (bicyclic) bond motifs is 1. The Balaban J connectivity index is 2.24. The topological polar surface area (TPSA) is 90.0 Å². The first-order valence-corrected chi connectivity index (χ1v) is 7.07. The van der Waals surface area contributed by atoms with Crippen LogP contribution >= 0.6 is 0 Å². The highest BCUT2D eigenvalue weighted by atomic mass is 16.6. The second-order valence-electron chi connectivity index (χ2n) is 5.23. The number of amides is 2. The van der Waals surface area contributed by atoms with Gasteiger partial charge >= 0.3 is 11.9 Å². The molecule has 1 aromatic rings. The van der Waals surface area contributed by atoms with E-state index in [1.54, 1.807) is 24.3 Å². The molecule has 0 bridgehead atoms. The van der Waals surface area contributed by atoms with Gasteiger partial charge in [-0.3, -0.25) is 24.1 Å². The van der Waals surface area contributed by atoms with Gasteiger partial charge < -0.3 is 9.47 Å². The van der Waals surface area contributed by atoms with Crippen molar-refractivity contribution in [3.63, 3.8) is 0 Å². The number of imide groups is 1. The zero-order valence-corrected chi connectivity index (χ0v) is 13.1. The minimum atomic E-state index is -0.970. The standard InChI is InChI=1S/C16H17NO6/c1-9(16(21)22-3)13(23-10(2)18)8-17-14(19)11-6-4-5-7-12(11)15(17)20/h4-7,9,13H,8H2,1-3H3/t9-,13-/m0/s1. The molecule has 2 amide bonds. The van der Waals surface area contributed by atoms with Crippen LogP contribution in [0.5, 0.6) is 0 Å². The molecule has 122 valence electrons. The lowest BCUT2D eigenvalue weighted by Gasteiger charge is -2.25. The molecule has 7 heteroatoms. The maximum absolute atomic E-state index is 12.3. The van der Waals surface area contributed by atoms with Gasteiger partial charge in [-0.05, 0) is 19.1 Å². The highest BCUT2D eigenvalue weighted by molar-refractivity contribution is 6.21. The minimum absolute atomic E-state index is 0.206. The van der Waals surface area contributed by atoms with E-state index >= 15 is 0 Å². The lowest BCUT2D eigenvalue weighted by Crippen LogP contribution is -2.43. The summed E-state index contributed by atoms with van der Waals surface area (Å²) in [5, 5.41) is 0. The van der Waals surface area contributed by atoms with E-state index < -0.39 is 35.8 Å². The predicted molar refractivity (Wildman–Crippen MR) is 78.5 cm³/mol. The Morgan fingerprint density at radius 2 is 1.65 bits per heavy atom. The average molecular weight is 319 g/mol. The van der Waals surface area contributed by atoms with E-state index in [1.165, 1.54) is 21.0 Å². The molecule has 2 rings (SSSR count). The third kappa shape index (κ3) is 3.23. The van der Waals surface area contributed by atoms with E-state index in [2.05, 4.69) is 4.74 Å². The molecule has 0 N–H and O–H groups in total. The van der Waals surface area contributed by atoms with Crippen LogP contribution in [0.15, 0.2) is 24.3 Å². The molecule has 0 spiro atoms. The molecular weight excluding hydrogens is 302 g/mol. The summed E-state index contributed by atoms with van der Waals surface area (Å²) >= 11 is 0. The number of carbonyl (C=O) groups is 4. The Hall–Kier alpha value is -2.70. The monoisotopic (exact) mass is 319 g/mol. The van der Waals surface area contributed by atoms with Gasteiger partial charge in [-0.15, -0.1) is 0 Å². The summed E-state index contributed by atoms with van der Waals surface area (Å²) in [6, 6.07) is 6.43. The summed E-state index contributed by atoms with van der Waals surface area (Å²) in [6.45, 7) is 2.50. The van der Waals surface area contributed by atoms with Crippen molar-refractivity contribution in [3.05, 3.63) is 35.4 Å². The van der Waals surface area contributed by atoms with Crippen LogP contribution in [0.2, 0.25) is 0 Å². The number of nitrogens with zero attached hydrogens (tertiary/aromatic N) is 1. The van der Waals surface area contributed by atoms with Crippen molar-refractivity contribution in [3.8, 4) is 0 Å². The number of rotatable bonds is 5. The second kappa shape index (κ2) is 6.60. The van der Waals surface area contributed by atoms with E-state index in [4.69, 9.17) is 4.74 Å². The van der Waals surface area contributed by atoms with Crippen molar-refractivity contribution in [2.24, 2.45) is 5.92 Å². The molecule has 0 saturated carbocycles. The van der Waals surface area contributed by atoms with Gasteiger partial charge in [0.05, 0.1) is 30.7 Å². The zero-order chi connectivity index (χ0) is 17.1. The molecule has 1 aliphatic rings. The molecule has 1 heterocycles. The molecule has 0 unspecified atom stereocenters. The smallest absolute Gasteiger partial charge is 0.312 e. The first-order valence-electron chi connectivity index (χ1n) is 7.07. The van der Waals surface area contributed by atoms with Crippen LogP contribution in [0.3, 0.4) is 0 Å². The van der Waals surface area contributed by atoms with Crippen LogP contribution in [-0.4, -0.2) is 48.4 Å². The van der Waals surface area contributed by atoms with Crippen LogP contribution in [0.4, 0.5) is 0 Å². The zero-order valence-electron chi connectivity index (χ0n) is 13.1. The molecule has 7 nitrogen and oxygen atoms in total. The Bertz CT molecular complexity index is 633. The first kappa shape index (κ1) is 16.7. The third-order valence-corrected chi connectivity index (χ3v) is 3.69. The Labute approximate surface area is 133 Å². The normalized spacial score (nSPS) is 15.9.